The maximum absolute atomic E-state index is 12.6. The molecule has 0 aromatic heterocycles. The van der Waals surface area contributed by atoms with Gasteiger partial charge in [0.1, 0.15) is 12.5 Å². The number of anilines is 1. The van der Waals surface area contributed by atoms with Crippen molar-refractivity contribution in [2.24, 2.45) is 0 Å². The van der Waals surface area contributed by atoms with Crippen molar-refractivity contribution < 1.29 is 24.0 Å². The topological polar surface area (TPSA) is 100 Å². The molecule has 0 aliphatic carbocycles. The van der Waals surface area contributed by atoms with E-state index in [9.17, 15) is 14.6 Å². The molecule has 0 unspecified atom stereocenters. The Kier molecular flexibility index (Phi) is 6.05. The number of nitrogens with one attached hydrogen (secondary N) is 2. The molecule has 158 valence electrons. The average molecular weight is 411 g/mol. The molecule has 0 bridgehead atoms. The van der Waals surface area contributed by atoms with Crippen molar-refractivity contribution >= 4 is 30.1 Å². The Hall–Kier alpha value is -3.04. The molecule has 3 N–H and O–H groups in total. The molecule has 9 heteroatoms. The van der Waals surface area contributed by atoms with Gasteiger partial charge in [-0.05, 0) is 52.0 Å². The fraction of sp³-hybridized carbons (Fsp3) is 0.333. The Labute approximate surface area is 176 Å². The number of hydrogen-bond acceptors (Lipinski definition) is 6. The van der Waals surface area contributed by atoms with E-state index in [1.807, 2.05) is 25.7 Å². The van der Waals surface area contributed by atoms with Gasteiger partial charge in [-0.25, -0.2) is 0 Å². The molecular formula is C21H26BN3O5. The molecule has 3 rings (SSSR count). The highest BCUT2D eigenvalue weighted by molar-refractivity contribution is 6.62. The molecule has 2 amide bonds. The van der Waals surface area contributed by atoms with Gasteiger partial charge in [0, 0.05) is 33.4 Å². The fourth-order valence-corrected chi connectivity index (χ4v) is 3.32. The van der Waals surface area contributed by atoms with Gasteiger partial charge in [0.25, 0.3) is 11.8 Å². The van der Waals surface area contributed by atoms with Gasteiger partial charge in [-0.15, -0.1) is 0 Å². The Morgan fingerprint density at radius 2 is 1.87 bits per heavy atom. The van der Waals surface area contributed by atoms with E-state index >= 15 is 0 Å². The first kappa shape index (κ1) is 21.7. The predicted octanol–water partition coefficient (Wildman–Crippen LogP) is 1.36. The van der Waals surface area contributed by atoms with Crippen molar-refractivity contribution in [3.05, 3.63) is 53.1 Å². The van der Waals surface area contributed by atoms with Crippen LogP contribution in [-0.2, 0) is 4.65 Å². The van der Waals surface area contributed by atoms with E-state index in [-0.39, 0.29) is 12.3 Å². The summed E-state index contributed by atoms with van der Waals surface area (Å²) in [6, 6.07) is 10.0. The summed E-state index contributed by atoms with van der Waals surface area (Å²) in [7, 11) is 0.483. The van der Waals surface area contributed by atoms with Gasteiger partial charge in [0.2, 0.25) is 0 Å². The summed E-state index contributed by atoms with van der Waals surface area (Å²) in [6.45, 7) is 8.02. The van der Waals surface area contributed by atoms with Crippen molar-refractivity contribution in [3.63, 3.8) is 0 Å². The van der Waals surface area contributed by atoms with Crippen LogP contribution in [0.4, 0.5) is 5.69 Å². The zero-order valence-electron chi connectivity index (χ0n) is 17.8. The van der Waals surface area contributed by atoms with Crippen molar-refractivity contribution in [1.82, 2.24) is 10.9 Å². The third-order valence-corrected chi connectivity index (χ3v) is 5.06. The van der Waals surface area contributed by atoms with Crippen LogP contribution in [0.1, 0.15) is 47.1 Å². The van der Waals surface area contributed by atoms with Crippen LogP contribution in [0.5, 0.6) is 5.75 Å². The van der Waals surface area contributed by atoms with E-state index in [1.54, 1.807) is 43.3 Å². The van der Waals surface area contributed by atoms with E-state index in [2.05, 4.69) is 10.9 Å². The monoisotopic (exact) mass is 411 g/mol. The number of amides is 2. The maximum Gasteiger partial charge on any atom is 0.494 e. The molecule has 1 aliphatic heterocycles. The van der Waals surface area contributed by atoms with Gasteiger partial charge in [-0.1, -0.05) is 12.1 Å². The predicted molar refractivity (Wildman–Crippen MR) is 115 cm³/mol. The van der Waals surface area contributed by atoms with E-state index in [4.69, 9.17) is 9.39 Å². The summed E-state index contributed by atoms with van der Waals surface area (Å²) in [5, 5.41) is 10.1. The first-order valence-corrected chi connectivity index (χ1v) is 9.59. The number of fused-ring (bicyclic) bond motifs is 1. The van der Waals surface area contributed by atoms with E-state index in [0.29, 0.717) is 33.6 Å². The molecule has 2 aromatic rings. The molecule has 0 fully saturated rings. The zero-order chi connectivity index (χ0) is 22.1. The summed E-state index contributed by atoms with van der Waals surface area (Å²) in [6.07, 6.45) is 0. The van der Waals surface area contributed by atoms with E-state index < -0.39 is 18.9 Å². The van der Waals surface area contributed by atoms with Crippen LogP contribution < -0.4 is 26.0 Å². The normalized spacial score (nSPS) is 13.5. The van der Waals surface area contributed by atoms with Crippen molar-refractivity contribution in [3.8, 4) is 5.75 Å². The zero-order valence-corrected chi connectivity index (χ0v) is 17.8. The lowest BCUT2D eigenvalue weighted by Crippen LogP contribution is -2.54. The van der Waals surface area contributed by atoms with Crippen LogP contribution in [0.3, 0.4) is 0 Å². The smallest absolute Gasteiger partial charge is 0.494 e. The van der Waals surface area contributed by atoms with Crippen LogP contribution in [0, 0.1) is 6.92 Å². The van der Waals surface area contributed by atoms with Gasteiger partial charge < -0.3 is 19.3 Å². The SMILES string of the molecule is COc1cccc(C(=O)NNC(=O)c2ccc3c(c2)N(C(C)(C)C)COB3O)c1C. The number of hydrogen-bond donors (Lipinski definition) is 3. The third kappa shape index (κ3) is 4.27. The second kappa shape index (κ2) is 8.37. The minimum absolute atomic E-state index is 0.203. The van der Waals surface area contributed by atoms with E-state index in [1.165, 1.54) is 7.11 Å². The molecule has 30 heavy (non-hydrogen) atoms. The van der Waals surface area contributed by atoms with Crippen molar-refractivity contribution in [1.29, 1.82) is 0 Å². The lowest BCUT2D eigenvalue weighted by molar-refractivity contribution is 0.0846. The highest BCUT2D eigenvalue weighted by Crippen LogP contribution is 2.26. The van der Waals surface area contributed by atoms with Crippen molar-refractivity contribution in [2.75, 3.05) is 18.7 Å². The Balaban J connectivity index is 1.77. The minimum atomic E-state index is -1.05. The molecule has 0 saturated carbocycles. The highest BCUT2D eigenvalue weighted by Gasteiger charge is 2.34. The average Bonchev–Trinajstić information content (AvgIpc) is 2.71. The summed E-state index contributed by atoms with van der Waals surface area (Å²) >= 11 is 0. The van der Waals surface area contributed by atoms with Gasteiger partial charge in [-0.2, -0.15) is 0 Å². The summed E-state index contributed by atoms with van der Waals surface area (Å²) in [5.41, 5.74) is 7.33. The highest BCUT2D eigenvalue weighted by atomic mass is 16.5. The molecule has 8 nitrogen and oxygen atoms in total. The Bertz CT molecular complexity index is 974. The summed E-state index contributed by atoms with van der Waals surface area (Å²) in [4.78, 5) is 27.1. The van der Waals surface area contributed by atoms with Crippen LogP contribution in [-0.4, -0.2) is 43.3 Å². The largest absolute Gasteiger partial charge is 0.496 e. The van der Waals surface area contributed by atoms with E-state index in [0.717, 1.165) is 0 Å². The number of hydrazine groups is 1. The molecule has 0 radical (unpaired) electrons. The standard InChI is InChI=1S/C21H26BN3O5/c1-13-15(7-6-8-18(13)29-5)20(27)24-23-19(26)14-9-10-16-17(11-14)25(21(2,3)4)12-30-22(16)28/h6-11,28H,12H2,1-5H3,(H,23,26)(H,24,27). The minimum Gasteiger partial charge on any atom is -0.496 e. The second-order valence-electron chi connectivity index (χ2n) is 8.06. The van der Waals surface area contributed by atoms with Crippen LogP contribution in [0.25, 0.3) is 0 Å². The first-order chi connectivity index (χ1) is 14.1. The van der Waals surface area contributed by atoms with Crippen LogP contribution in [0.15, 0.2) is 36.4 Å². The number of nitrogens with zero attached hydrogens (tertiary/aromatic N) is 1. The lowest BCUT2D eigenvalue weighted by atomic mass is 9.75. The maximum atomic E-state index is 12.6. The van der Waals surface area contributed by atoms with Gasteiger partial charge in [0.05, 0.1) is 7.11 Å². The number of rotatable bonds is 3. The first-order valence-electron chi connectivity index (χ1n) is 9.59. The van der Waals surface area contributed by atoms with Gasteiger partial charge in [0.15, 0.2) is 0 Å². The molecule has 0 spiro atoms. The third-order valence-electron chi connectivity index (χ3n) is 5.06. The van der Waals surface area contributed by atoms with Gasteiger partial charge >= 0.3 is 7.12 Å². The van der Waals surface area contributed by atoms with Crippen LogP contribution >= 0.6 is 0 Å². The number of ether oxygens (including phenoxy) is 1. The number of carbonyl (C=O) groups is 2. The molecule has 0 atom stereocenters. The number of methoxy groups -OCH3 is 1. The van der Waals surface area contributed by atoms with Crippen LogP contribution in [0.2, 0.25) is 0 Å². The molecule has 0 saturated heterocycles. The molecule has 1 heterocycles. The Morgan fingerprint density at radius 1 is 1.17 bits per heavy atom. The summed E-state index contributed by atoms with van der Waals surface area (Å²) < 4.78 is 10.6. The lowest BCUT2D eigenvalue weighted by Gasteiger charge is -2.42. The molecule has 1 aliphatic rings. The molecule has 2 aromatic carbocycles. The fourth-order valence-electron chi connectivity index (χ4n) is 3.32. The van der Waals surface area contributed by atoms with Gasteiger partial charge in [-0.3, -0.25) is 20.4 Å². The molecular weight excluding hydrogens is 385 g/mol. The quantitative estimate of drug-likeness (QED) is 0.521. The van der Waals surface area contributed by atoms with Crippen molar-refractivity contribution in [2.45, 2.75) is 33.2 Å². The Morgan fingerprint density at radius 3 is 2.53 bits per heavy atom. The number of carbonyl (C=O) groups excluding carboxylic acids is 2. The summed E-state index contributed by atoms with van der Waals surface area (Å²) in [5.74, 6) is -0.328. The number of benzene rings is 2. The second-order valence-corrected chi connectivity index (χ2v) is 8.06.